The fourth-order valence-electron chi connectivity index (χ4n) is 4.19. The molecule has 116 valence electrons. The molecule has 1 heterocycles. The maximum atomic E-state index is 3.61. The van der Waals surface area contributed by atoms with E-state index >= 15 is 0 Å². The molecule has 21 heavy (non-hydrogen) atoms. The molecule has 0 amide bonds. The number of hydrogen-bond donors (Lipinski definition) is 1. The Morgan fingerprint density at radius 2 is 1.95 bits per heavy atom. The fraction of sp³-hybridized carbons (Fsp3) is 0.684. The van der Waals surface area contributed by atoms with Gasteiger partial charge in [-0.05, 0) is 55.7 Å². The second kappa shape index (κ2) is 6.83. The number of rotatable bonds is 5. The van der Waals surface area contributed by atoms with Crippen LogP contribution in [0, 0.1) is 11.8 Å². The normalized spacial score (nSPS) is 25.4. The van der Waals surface area contributed by atoms with Gasteiger partial charge in [0, 0.05) is 24.8 Å². The van der Waals surface area contributed by atoms with Crippen molar-refractivity contribution >= 4 is 5.69 Å². The van der Waals surface area contributed by atoms with Crippen LogP contribution in [0.3, 0.4) is 0 Å². The zero-order valence-corrected chi connectivity index (χ0v) is 13.6. The summed E-state index contributed by atoms with van der Waals surface area (Å²) in [5.74, 6) is 1.67. The molecule has 1 aliphatic heterocycles. The van der Waals surface area contributed by atoms with Crippen molar-refractivity contribution in [2.24, 2.45) is 11.8 Å². The molecule has 1 aromatic carbocycles. The van der Waals surface area contributed by atoms with Crippen LogP contribution in [0.1, 0.15) is 51.5 Å². The molecule has 1 saturated heterocycles. The molecule has 0 aromatic heterocycles. The van der Waals surface area contributed by atoms with Crippen LogP contribution in [0.25, 0.3) is 0 Å². The SMILES string of the molecule is CC(C)CNCc1ccccc1N1CCCC2CCCC21. The van der Waals surface area contributed by atoms with Crippen LogP contribution in [0.15, 0.2) is 24.3 Å². The van der Waals surface area contributed by atoms with Gasteiger partial charge in [0.1, 0.15) is 0 Å². The monoisotopic (exact) mass is 286 g/mol. The van der Waals surface area contributed by atoms with Crippen LogP contribution in [0.4, 0.5) is 5.69 Å². The van der Waals surface area contributed by atoms with E-state index in [9.17, 15) is 0 Å². The largest absolute Gasteiger partial charge is 0.368 e. The Kier molecular flexibility index (Phi) is 4.84. The summed E-state index contributed by atoms with van der Waals surface area (Å²) in [5.41, 5.74) is 2.97. The van der Waals surface area contributed by atoms with E-state index in [4.69, 9.17) is 0 Å². The van der Waals surface area contributed by atoms with E-state index in [0.29, 0.717) is 5.92 Å². The van der Waals surface area contributed by atoms with Crippen LogP contribution in [0.2, 0.25) is 0 Å². The first-order valence-corrected chi connectivity index (χ1v) is 8.81. The molecule has 1 aliphatic carbocycles. The third-order valence-corrected chi connectivity index (χ3v) is 5.16. The Morgan fingerprint density at radius 1 is 1.14 bits per heavy atom. The number of nitrogens with zero attached hydrogens (tertiary/aromatic N) is 1. The molecule has 2 fully saturated rings. The molecule has 1 N–H and O–H groups in total. The molecule has 1 aromatic rings. The molecule has 3 rings (SSSR count). The van der Waals surface area contributed by atoms with Gasteiger partial charge < -0.3 is 10.2 Å². The number of anilines is 1. The lowest BCUT2D eigenvalue weighted by Crippen LogP contribution is -2.43. The average molecular weight is 286 g/mol. The Bertz CT molecular complexity index is 455. The average Bonchev–Trinajstić information content (AvgIpc) is 2.96. The van der Waals surface area contributed by atoms with Crippen molar-refractivity contribution in [3.05, 3.63) is 29.8 Å². The minimum Gasteiger partial charge on any atom is -0.368 e. The molecule has 0 radical (unpaired) electrons. The van der Waals surface area contributed by atoms with Crippen molar-refractivity contribution in [2.75, 3.05) is 18.0 Å². The lowest BCUT2D eigenvalue weighted by atomic mass is 9.91. The maximum Gasteiger partial charge on any atom is 0.0414 e. The predicted molar refractivity (Wildman–Crippen MR) is 90.7 cm³/mol. The van der Waals surface area contributed by atoms with Crippen molar-refractivity contribution in [1.29, 1.82) is 0 Å². The summed E-state index contributed by atoms with van der Waals surface area (Å²) < 4.78 is 0. The summed E-state index contributed by atoms with van der Waals surface area (Å²) in [7, 11) is 0. The summed E-state index contributed by atoms with van der Waals surface area (Å²) in [5, 5.41) is 3.61. The number of hydrogen-bond acceptors (Lipinski definition) is 2. The van der Waals surface area contributed by atoms with Gasteiger partial charge in [-0.25, -0.2) is 0 Å². The maximum absolute atomic E-state index is 3.61. The summed E-state index contributed by atoms with van der Waals surface area (Å²) >= 11 is 0. The molecule has 0 bridgehead atoms. The lowest BCUT2D eigenvalue weighted by Gasteiger charge is -2.40. The number of piperidine rings is 1. The first kappa shape index (κ1) is 14.9. The molecular weight excluding hydrogens is 256 g/mol. The third kappa shape index (κ3) is 3.42. The smallest absolute Gasteiger partial charge is 0.0414 e. The van der Waals surface area contributed by atoms with Crippen molar-refractivity contribution in [3.63, 3.8) is 0 Å². The molecule has 1 saturated carbocycles. The van der Waals surface area contributed by atoms with E-state index in [0.717, 1.165) is 25.0 Å². The van der Waals surface area contributed by atoms with Gasteiger partial charge in [0.05, 0.1) is 0 Å². The number of nitrogens with one attached hydrogen (secondary N) is 1. The van der Waals surface area contributed by atoms with Gasteiger partial charge >= 0.3 is 0 Å². The summed E-state index contributed by atoms with van der Waals surface area (Å²) in [6.07, 6.45) is 7.11. The quantitative estimate of drug-likeness (QED) is 0.872. The number of fused-ring (bicyclic) bond motifs is 1. The lowest BCUT2D eigenvalue weighted by molar-refractivity contribution is 0.362. The minimum absolute atomic E-state index is 0.714. The van der Waals surface area contributed by atoms with E-state index in [1.807, 2.05) is 0 Å². The highest BCUT2D eigenvalue weighted by molar-refractivity contribution is 5.55. The zero-order valence-electron chi connectivity index (χ0n) is 13.6. The fourth-order valence-corrected chi connectivity index (χ4v) is 4.19. The van der Waals surface area contributed by atoms with Gasteiger partial charge in [-0.15, -0.1) is 0 Å². The van der Waals surface area contributed by atoms with Gasteiger partial charge in [-0.1, -0.05) is 38.5 Å². The minimum atomic E-state index is 0.714. The van der Waals surface area contributed by atoms with E-state index in [1.165, 1.54) is 49.9 Å². The molecule has 2 heteroatoms. The van der Waals surface area contributed by atoms with Crippen LogP contribution in [-0.2, 0) is 6.54 Å². The topological polar surface area (TPSA) is 15.3 Å². The number of para-hydroxylation sites is 1. The zero-order chi connectivity index (χ0) is 14.7. The number of benzene rings is 1. The highest BCUT2D eigenvalue weighted by Crippen LogP contribution is 2.39. The molecular formula is C19H30N2. The van der Waals surface area contributed by atoms with Crippen LogP contribution in [0.5, 0.6) is 0 Å². The molecule has 2 aliphatic rings. The van der Waals surface area contributed by atoms with Crippen LogP contribution in [-0.4, -0.2) is 19.1 Å². The molecule has 0 spiro atoms. The second-order valence-electron chi connectivity index (χ2n) is 7.25. The molecule has 2 unspecified atom stereocenters. The van der Waals surface area contributed by atoms with Crippen molar-refractivity contribution in [3.8, 4) is 0 Å². The Balaban J connectivity index is 1.74. The Hall–Kier alpha value is -1.02. The first-order chi connectivity index (χ1) is 10.3. The van der Waals surface area contributed by atoms with Crippen molar-refractivity contribution < 1.29 is 0 Å². The standard InChI is InChI=1S/C19H30N2/c1-15(2)13-20-14-17-7-3-4-10-19(17)21-12-6-9-16-8-5-11-18(16)21/h3-4,7,10,15-16,18,20H,5-6,8-9,11-14H2,1-2H3. The van der Waals surface area contributed by atoms with Gasteiger partial charge in [-0.2, -0.15) is 0 Å². The van der Waals surface area contributed by atoms with Crippen LogP contribution >= 0.6 is 0 Å². The summed E-state index contributed by atoms with van der Waals surface area (Å²) in [6, 6.07) is 9.85. The summed E-state index contributed by atoms with van der Waals surface area (Å²) in [6.45, 7) is 7.89. The predicted octanol–water partition coefficient (Wildman–Crippen LogP) is 4.20. The Labute approximate surface area is 129 Å². The van der Waals surface area contributed by atoms with E-state index in [1.54, 1.807) is 0 Å². The van der Waals surface area contributed by atoms with E-state index in [-0.39, 0.29) is 0 Å². The highest BCUT2D eigenvalue weighted by Gasteiger charge is 2.35. The summed E-state index contributed by atoms with van der Waals surface area (Å²) in [4.78, 5) is 2.73. The molecule has 2 atom stereocenters. The van der Waals surface area contributed by atoms with E-state index in [2.05, 4.69) is 48.3 Å². The van der Waals surface area contributed by atoms with Gasteiger partial charge in [0.2, 0.25) is 0 Å². The van der Waals surface area contributed by atoms with Crippen molar-refractivity contribution in [1.82, 2.24) is 5.32 Å². The van der Waals surface area contributed by atoms with Gasteiger partial charge in [-0.3, -0.25) is 0 Å². The second-order valence-corrected chi connectivity index (χ2v) is 7.25. The third-order valence-electron chi connectivity index (χ3n) is 5.16. The first-order valence-electron chi connectivity index (χ1n) is 8.81. The van der Waals surface area contributed by atoms with Crippen molar-refractivity contribution in [2.45, 2.75) is 58.5 Å². The van der Waals surface area contributed by atoms with Gasteiger partial charge in [0.15, 0.2) is 0 Å². The van der Waals surface area contributed by atoms with Crippen LogP contribution < -0.4 is 10.2 Å². The molecule has 2 nitrogen and oxygen atoms in total. The van der Waals surface area contributed by atoms with E-state index < -0.39 is 0 Å². The highest BCUT2D eigenvalue weighted by atomic mass is 15.2. The van der Waals surface area contributed by atoms with Gasteiger partial charge in [0.25, 0.3) is 0 Å². The Morgan fingerprint density at radius 3 is 2.81 bits per heavy atom.